The smallest absolute Gasteiger partial charge is 0.191 e. The molecule has 2 aromatic heterocycles. The van der Waals surface area contributed by atoms with Gasteiger partial charge in [-0.05, 0) is 42.9 Å². The van der Waals surface area contributed by atoms with Gasteiger partial charge in [-0.25, -0.2) is 23.4 Å². The summed E-state index contributed by atoms with van der Waals surface area (Å²) in [6.07, 6.45) is 0.126. The molecule has 9 nitrogen and oxygen atoms in total. The van der Waals surface area contributed by atoms with E-state index in [0.29, 0.717) is 34.1 Å². The Morgan fingerprint density at radius 1 is 1.23 bits per heavy atom. The summed E-state index contributed by atoms with van der Waals surface area (Å²) in [4.78, 5) is 9.32. The zero-order valence-electron chi connectivity index (χ0n) is 19.0. The summed E-state index contributed by atoms with van der Waals surface area (Å²) < 4.78 is 28.6. The molecule has 3 aliphatic carbocycles. The molecule has 0 bridgehead atoms. The van der Waals surface area contributed by atoms with E-state index in [1.807, 2.05) is 0 Å². The maximum absolute atomic E-state index is 13.7. The minimum Gasteiger partial charge on any atom is -0.396 e. The van der Waals surface area contributed by atoms with Crippen molar-refractivity contribution in [3.8, 4) is 0 Å². The highest BCUT2D eigenvalue weighted by Crippen LogP contribution is 2.67. The van der Waals surface area contributed by atoms with Crippen LogP contribution in [0.2, 0.25) is 0 Å². The number of fused-ring (bicyclic) bond motifs is 2. The first-order valence-electron chi connectivity index (χ1n) is 11.8. The van der Waals surface area contributed by atoms with Crippen LogP contribution in [-0.4, -0.2) is 70.9 Å². The van der Waals surface area contributed by atoms with Crippen molar-refractivity contribution < 1.29 is 24.1 Å². The number of anilines is 1. The van der Waals surface area contributed by atoms with Gasteiger partial charge in [0.15, 0.2) is 33.8 Å². The molecule has 1 aromatic carbocycles. The lowest BCUT2D eigenvalue weighted by molar-refractivity contribution is -0.0315. The highest BCUT2D eigenvalue weighted by atomic mass is 32.2. The second-order valence-corrected chi connectivity index (χ2v) is 10.9. The SMILES string of the molecule is CCCSc1nc(N[C@@H]2C[C@H]2c2ccc(F)c(F)c2)c2nnn([C@H]3[C@H](O)[C@H](O)[C@@]4(CO)C[C@@H]34)c2n1. The number of nitrogens with one attached hydrogen (secondary N) is 1. The van der Waals surface area contributed by atoms with Crippen LogP contribution >= 0.6 is 11.8 Å². The Bertz CT molecular complexity index is 1290. The predicted molar refractivity (Wildman–Crippen MR) is 124 cm³/mol. The molecule has 186 valence electrons. The monoisotopic (exact) mass is 504 g/mol. The standard InChI is InChI=1S/C23H26F2N6O3S/c1-2-5-35-22-27-20(26-15-7-11(15)10-3-4-13(24)14(25)6-10)16-21(28-22)31(30-29-16)17-12-8-23(12,9-32)19(34)18(17)33/h3-4,6,11-12,15,17-19,32-34H,2,5,7-9H2,1H3,(H,26,27,28)/t11-,12-,15+,17+,18-,19-,23+/m0/s1. The maximum atomic E-state index is 13.7. The molecule has 7 atom stereocenters. The van der Waals surface area contributed by atoms with Gasteiger partial charge in [0.1, 0.15) is 6.10 Å². The average Bonchev–Trinajstić information content (AvgIpc) is 3.72. The Morgan fingerprint density at radius 2 is 2.06 bits per heavy atom. The fourth-order valence-electron chi connectivity index (χ4n) is 5.52. The quantitative estimate of drug-likeness (QED) is 0.270. The number of aliphatic hydroxyl groups is 3. The van der Waals surface area contributed by atoms with Crippen molar-refractivity contribution in [1.29, 1.82) is 0 Å². The minimum atomic E-state index is -1.09. The highest BCUT2D eigenvalue weighted by molar-refractivity contribution is 7.99. The van der Waals surface area contributed by atoms with Crippen LogP contribution in [-0.2, 0) is 0 Å². The highest BCUT2D eigenvalue weighted by Gasteiger charge is 2.71. The molecule has 0 spiro atoms. The Balaban J connectivity index is 1.33. The number of thioether (sulfide) groups is 1. The first kappa shape index (κ1) is 23.0. The third-order valence-corrected chi connectivity index (χ3v) is 8.71. The number of benzene rings is 1. The summed E-state index contributed by atoms with van der Waals surface area (Å²) in [6.45, 7) is 1.86. The third kappa shape index (κ3) is 3.61. The van der Waals surface area contributed by atoms with E-state index < -0.39 is 35.3 Å². The van der Waals surface area contributed by atoms with Crippen molar-refractivity contribution in [2.24, 2.45) is 11.3 Å². The van der Waals surface area contributed by atoms with Gasteiger partial charge in [-0.15, -0.1) is 5.10 Å². The predicted octanol–water partition coefficient (Wildman–Crippen LogP) is 2.24. The summed E-state index contributed by atoms with van der Waals surface area (Å²) in [5, 5.41) is 43.6. The van der Waals surface area contributed by atoms with Gasteiger partial charge in [0.25, 0.3) is 0 Å². The Morgan fingerprint density at radius 3 is 2.77 bits per heavy atom. The van der Waals surface area contributed by atoms with Crippen molar-refractivity contribution in [2.75, 3.05) is 17.7 Å². The van der Waals surface area contributed by atoms with Crippen LogP contribution in [0.25, 0.3) is 11.2 Å². The van der Waals surface area contributed by atoms with Crippen LogP contribution in [0.15, 0.2) is 23.4 Å². The number of aromatic nitrogens is 5. The molecule has 3 fully saturated rings. The number of hydrogen-bond acceptors (Lipinski definition) is 9. The molecule has 2 heterocycles. The molecule has 0 saturated heterocycles. The molecule has 0 radical (unpaired) electrons. The van der Waals surface area contributed by atoms with Gasteiger partial charge in [-0.3, -0.25) is 0 Å². The van der Waals surface area contributed by atoms with Gasteiger partial charge in [0, 0.05) is 23.1 Å². The molecule has 3 aliphatic rings. The Kier molecular flexibility index (Phi) is 5.47. The van der Waals surface area contributed by atoms with Crippen LogP contribution in [0, 0.1) is 23.0 Å². The van der Waals surface area contributed by atoms with E-state index in [1.165, 1.54) is 17.8 Å². The summed E-state index contributed by atoms with van der Waals surface area (Å²) in [7, 11) is 0. The fourth-order valence-corrected chi connectivity index (χ4v) is 6.21. The van der Waals surface area contributed by atoms with Crippen LogP contribution < -0.4 is 5.32 Å². The summed E-state index contributed by atoms with van der Waals surface area (Å²) >= 11 is 1.49. The maximum Gasteiger partial charge on any atom is 0.191 e. The van der Waals surface area contributed by atoms with Crippen molar-refractivity contribution in [3.63, 3.8) is 0 Å². The molecule has 4 N–H and O–H groups in total. The molecule has 12 heteroatoms. The molecule has 0 aliphatic heterocycles. The lowest BCUT2D eigenvalue weighted by Crippen LogP contribution is -2.36. The van der Waals surface area contributed by atoms with E-state index in [0.717, 1.165) is 24.7 Å². The molecule has 35 heavy (non-hydrogen) atoms. The molecule has 6 rings (SSSR count). The first-order chi connectivity index (χ1) is 16.9. The van der Waals surface area contributed by atoms with Crippen LogP contribution in [0.3, 0.4) is 0 Å². The zero-order chi connectivity index (χ0) is 24.5. The van der Waals surface area contributed by atoms with E-state index in [4.69, 9.17) is 0 Å². The van der Waals surface area contributed by atoms with Crippen LogP contribution in [0.1, 0.15) is 43.7 Å². The van der Waals surface area contributed by atoms with Gasteiger partial charge in [0.05, 0.1) is 18.8 Å². The van der Waals surface area contributed by atoms with Crippen molar-refractivity contribution >= 4 is 28.7 Å². The number of hydrogen-bond donors (Lipinski definition) is 4. The summed E-state index contributed by atoms with van der Waals surface area (Å²) in [6, 6.07) is 3.38. The number of aliphatic hydroxyl groups excluding tert-OH is 3. The average molecular weight is 505 g/mol. The minimum absolute atomic E-state index is 0.0142. The van der Waals surface area contributed by atoms with E-state index in [9.17, 15) is 24.1 Å². The lowest BCUT2D eigenvalue weighted by Gasteiger charge is -2.22. The fraction of sp³-hybridized carbons (Fsp3) is 0.565. The van der Waals surface area contributed by atoms with Gasteiger partial charge >= 0.3 is 0 Å². The summed E-state index contributed by atoms with van der Waals surface area (Å²) in [5.41, 5.74) is 0.892. The van der Waals surface area contributed by atoms with Crippen molar-refractivity contribution in [1.82, 2.24) is 25.0 Å². The van der Waals surface area contributed by atoms with Crippen LogP contribution in [0.5, 0.6) is 0 Å². The second-order valence-electron chi connectivity index (χ2n) is 9.80. The van der Waals surface area contributed by atoms with E-state index in [2.05, 4.69) is 32.5 Å². The lowest BCUT2D eigenvalue weighted by atomic mass is 10.0. The van der Waals surface area contributed by atoms with Crippen LogP contribution in [0.4, 0.5) is 14.6 Å². The van der Waals surface area contributed by atoms with Gasteiger partial charge in [-0.1, -0.05) is 30.0 Å². The van der Waals surface area contributed by atoms with Gasteiger partial charge < -0.3 is 20.6 Å². The molecule has 0 amide bonds. The van der Waals surface area contributed by atoms with E-state index >= 15 is 0 Å². The first-order valence-corrected chi connectivity index (χ1v) is 12.8. The molecular formula is C23H26F2N6O3S. The van der Waals surface area contributed by atoms with E-state index in [-0.39, 0.29) is 24.5 Å². The van der Waals surface area contributed by atoms with Crippen molar-refractivity contribution in [2.45, 2.75) is 61.6 Å². The number of halogens is 2. The summed E-state index contributed by atoms with van der Waals surface area (Å²) in [5.74, 6) is -0.538. The molecule has 3 aromatic rings. The third-order valence-electron chi connectivity index (χ3n) is 7.65. The number of nitrogens with zero attached hydrogens (tertiary/aromatic N) is 5. The largest absolute Gasteiger partial charge is 0.396 e. The molecule has 3 saturated carbocycles. The normalized spacial score (nSPS) is 33.2. The van der Waals surface area contributed by atoms with Gasteiger partial charge in [0.2, 0.25) is 0 Å². The Hall–Kier alpha value is -2.41. The van der Waals surface area contributed by atoms with Crippen molar-refractivity contribution in [3.05, 3.63) is 35.4 Å². The topological polar surface area (TPSA) is 129 Å². The second kappa shape index (κ2) is 8.32. The zero-order valence-corrected chi connectivity index (χ0v) is 19.8. The molecule has 0 unspecified atom stereocenters. The number of rotatable bonds is 8. The Labute approximate surface area is 204 Å². The molecular weight excluding hydrogens is 478 g/mol. The van der Waals surface area contributed by atoms with Gasteiger partial charge in [-0.2, -0.15) is 0 Å². The van der Waals surface area contributed by atoms with E-state index in [1.54, 1.807) is 10.7 Å².